The maximum Gasteiger partial charge on any atom is 0.408 e. The van der Waals surface area contributed by atoms with Crippen molar-refractivity contribution in [2.75, 3.05) is 32.7 Å². The lowest BCUT2D eigenvalue weighted by molar-refractivity contribution is -0.131. The van der Waals surface area contributed by atoms with Gasteiger partial charge in [0.1, 0.15) is 23.8 Å². The van der Waals surface area contributed by atoms with E-state index in [4.69, 9.17) is 4.74 Å². The Hall–Kier alpha value is -2.71. The van der Waals surface area contributed by atoms with Gasteiger partial charge < -0.3 is 19.9 Å². The van der Waals surface area contributed by atoms with Crippen LogP contribution in [0.2, 0.25) is 0 Å². The van der Waals surface area contributed by atoms with E-state index in [9.17, 15) is 23.2 Å². The average Bonchev–Trinajstić information content (AvgIpc) is 2.58. The summed E-state index contributed by atoms with van der Waals surface area (Å²) in [7, 11) is 0. The lowest BCUT2D eigenvalue weighted by Gasteiger charge is -2.35. The third-order valence-electron chi connectivity index (χ3n) is 3.86. The van der Waals surface area contributed by atoms with Crippen LogP contribution in [0.3, 0.4) is 0 Å². The fourth-order valence-electron chi connectivity index (χ4n) is 2.57. The molecule has 7 nitrogen and oxygen atoms in total. The predicted octanol–water partition coefficient (Wildman–Crippen LogP) is 1.77. The molecule has 3 amide bonds. The summed E-state index contributed by atoms with van der Waals surface area (Å²) in [5, 5.41) is 2.39. The molecule has 1 fully saturated rings. The summed E-state index contributed by atoms with van der Waals surface area (Å²) in [6.45, 7) is 5.88. The van der Waals surface area contributed by atoms with Crippen molar-refractivity contribution in [1.29, 1.82) is 0 Å². The van der Waals surface area contributed by atoms with Crippen LogP contribution in [0.25, 0.3) is 0 Å². The third kappa shape index (κ3) is 5.90. The summed E-state index contributed by atoms with van der Waals surface area (Å²) < 4.78 is 31.8. The highest BCUT2D eigenvalue weighted by molar-refractivity contribution is 5.94. The molecule has 1 N–H and O–H groups in total. The zero-order valence-corrected chi connectivity index (χ0v) is 15.6. The zero-order valence-electron chi connectivity index (χ0n) is 15.6. The summed E-state index contributed by atoms with van der Waals surface area (Å²) in [4.78, 5) is 39.0. The number of ether oxygens (including phenoxy) is 1. The smallest absolute Gasteiger partial charge is 0.408 e. The lowest BCUT2D eigenvalue weighted by Crippen LogP contribution is -2.52. The Morgan fingerprint density at radius 1 is 1.07 bits per heavy atom. The Morgan fingerprint density at radius 2 is 1.67 bits per heavy atom. The van der Waals surface area contributed by atoms with Gasteiger partial charge in [-0.1, -0.05) is 0 Å². The number of halogens is 2. The molecule has 148 valence electrons. The molecule has 1 aliphatic heterocycles. The zero-order chi connectivity index (χ0) is 20.2. The van der Waals surface area contributed by atoms with Gasteiger partial charge in [0, 0.05) is 32.2 Å². The van der Waals surface area contributed by atoms with Gasteiger partial charge in [-0.25, -0.2) is 13.6 Å². The molecular formula is C18H23F2N3O4. The molecule has 2 rings (SSSR count). The molecule has 0 aliphatic carbocycles. The molecule has 1 aliphatic rings. The van der Waals surface area contributed by atoms with E-state index in [0.29, 0.717) is 6.07 Å². The first-order valence-corrected chi connectivity index (χ1v) is 8.56. The van der Waals surface area contributed by atoms with Gasteiger partial charge in [0.05, 0.1) is 5.56 Å². The quantitative estimate of drug-likeness (QED) is 0.863. The van der Waals surface area contributed by atoms with Crippen LogP contribution in [-0.4, -0.2) is 66.0 Å². The molecule has 0 atom stereocenters. The maximum absolute atomic E-state index is 13.8. The molecule has 0 spiro atoms. The third-order valence-corrected chi connectivity index (χ3v) is 3.86. The normalized spacial score (nSPS) is 14.7. The molecular weight excluding hydrogens is 360 g/mol. The van der Waals surface area contributed by atoms with Crippen LogP contribution >= 0.6 is 0 Å². The second kappa shape index (κ2) is 8.32. The van der Waals surface area contributed by atoms with Crippen molar-refractivity contribution in [3.8, 4) is 0 Å². The minimum atomic E-state index is -0.917. The van der Waals surface area contributed by atoms with E-state index < -0.39 is 29.2 Å². The fourth-order valence-corrected chi connectivity index (χ4v) is 2.57. The van der Waals surface area contributed by atoms with Crippen LogP contribution in [0, 0.1) is 11.6 Å². The van der Waals surface area contributed by atoms with E-state index in [0.717, 1.165) is 12.1 Å². The maximum atomic E-state index is 13.8. The van der Waals surface area contributed by atoms with E-state index >= 15 is 0 Å². The predicted molar refractivity (Wildman–Crippen MR) is 93.1 cm³/mol. The van der Waals surface area contributed by atoms with Gasteiger partial charge in [0.25, 0.3) is 5.91 Å². The number of rotatable bonds is 3. The Balaban J connectivity index is 1.83. The van der Waals surface area contributed by atoms with Crippen molar-refractivity contribution in [2.45, 2.75) is 26.4 Å². The van der Waals surface area contributed by atoms with Crippen molar-refractivity contribution in [1.82, 2.24) is 15.1 Å². The van der Waals surface area contributed by atoms with Gasteiger partial charge in [-0.15, -0.1) is 0 Å². The van der Waals surface area contributed by atoms with Crippen LogP contribution in [-0.2, 0) is 9.53 Å². The first-order valence-electron chi connectivity index (χ1n) is 8.56. The highest BCUT2D eigenvalue weighted by Gasteiger charge is 2.27. The second-order valence-electron chi connectivity index (χ2n) is 7.15. The molecule has 0 radical (unpaired) electrons. The van der Waals surface area contributed by atoms with Crippen LogP contribution < -0.4 is 5.32 Å². The molecule has 1 heterocycles. The van der Waals surface area contributed by atoms with Gasteiger partial charge >= 0.3 is 6.09 Å². The summed E-state index contributed by atoms with van der Waals surface area (Å²) in [5.74, 6) is -2.52. The van der Waals surface area contributed by atoms with Crippen molar-refractivity contribution in [3.63, 3.8) is 0 Å². The van der Waals surface area contributed by atoms with E-state index in [1.807, 2.05) is 0 Å². The molecule has 0 aromatic heterocycles. The van der Waals surface area contributed by atoms with Gasteiger partial charge in [-0.3, -0.25) is 9.59 Å². The molecule has 1 saturated heterocycles. The molecule has 0 saturated carbocycles. The minimum Gasteiger partial charge on any atom is -0.444 e. The number of hydrogen-bond acceptors (Lipinski definition) is 4. The van der Waals surface area contributed by atoms with Gasteiger partial charge in [0.15, 0.2) is 0 Å². The van der Waals surface area contributed by atoms with E-state index in [1.165, 1.54) is 9.80 Å². The van der Waals surface area contributed by atoms with Gasteiger partial charge in [-0.05, 0) is 32.9 Å². The van der Waals surface area contributed by atoms with Crippen LogP contribution in [0.15, 0.2) is 18.2 Å². The van der Waals surface area contributed by atoms with Crippen molar-refractivity contribution < 1.29 is 27.9 Å². The van der Waals surface area contributed by atoms with Crippen molar-refractivity contribution in [3.05, 3.63) is 35.4 Å². The first-order chi connectivity index (χ1) is 12.6. The molecule has 1 aromatic carbocycles. The monoisotopic (exact) mass is 383 g/mol. The SMILES string of the molecule is CC(C)(C)OC(=O)NCC(=O)N1CCN(C(=O)c2ccc(F)cc2F)CC1. The fraction of sp³-hybridized carbons (Fsp3) is 0.500. The van der Waals surface area contributed by atoms with Crippen molar-refractivity contribution >= 4 is 17.9 Å². The Morgan fingerprint density at radius 3 is 2.22 bits per heavy atom. The summed E-state index contributed by atoms with van der Waals surface area (Å²) in [6, 6.07) is 2.79. The number of amides is 3. The van der Waals surface area contributed by atoms with E-state index in [-0.39, 0.29) is 44.2 Å². The van der Waals surface area contributed by atoms with Crippen LogP contribution in [0.1, 0.15) is 31.1 Å². The number of carbonyl (C=O) groups excluding carboxylic acids is 3. The van der Waals surface area contributed by atoms with Gasteiger partial charge in [-0.2, -0.15) is 0 Å². The number of benzene rings is 1. The van der Waals surface area contributed by atoms with E-state index in [1.54, 1.807) is 20.8 Å². The summed E-state index contributed by atoms with van der Waals surface area (Å²) >= 11 is 0. The average molecular weight is 383 g/mol. The molecule has 9 heteroatoms. The van der Waals surface area contributed by atoms with Crippen molar-refractivity contribution in [2.24, 2.45) is 0 Å². The van der Waals surface area contributed by atoms with Crippen LogP contribution in [0.4, 0.5) is 13.6 Å². The Labute approximate surface area is 156 Å². The Kier molecular flexibility index (Phi) is 6.35. The highest BCUT2D eigenvalue weighted by Crippen LogP contribution is 2.14. The molecule has 0 unspecified atom stereocenters. The highest BCUT2D eigenvalue weighted by atomic mass is 19.1. The minimum absolute atomic E-state index is 0.206. The number of piperazine rings is 1. The molecule has 1 aromatic rings. The summed E-state index contributed by atoms with van der Waals surface area (Å²) in [6.07, 6.45) is -0.684. The Bertz CT molecular complexity index is 726. The number of carbonyl (C=O) groups is 3. The molecule has 27 heavy (non-hydrogen) atoms. The largest absolute Gasteiger partial charge is 0.444 e. The summed E-state index contributed by atoms with van der Waals surface area (Å²) in [5.41, 5.74) is -0.864. The van der Waals surface area contributed by atoms with E-state index in [2.05, 4.69) is 5.32 Å². The number of nitrogens with one attached hydrogen (secondary N) is 1. The lowest BCUT2D eigenvalue weighted by atomic mass is 10.1. The molecule has 0 bridgehead atoms. The van der Waals surface area contributed by atoms with Crippen LogP contribution in [0.5, 0.6) is 0 Å². The standard InChI is InChI=1S/C18H23F2N3O4/c1-18(2,3)27-17(26)21-11-15(24)22-6-8-23(9-7-22)16(25)13-5-4-12(19)10-14(13)20/h4-5,10H,6-9,11H2,1-3H3,(H,21,26). The second-order valence-corrected chi connectivity index (χ2v) is 7.15. The number of hydrogen-bond donors (Lipinski definition) is 1. The van der Waals surface area contributed by atoms with Gasteiger partial charge in [0.2, 0.25) is 5.91 Å². The first kappa shape index (κ1) is 20.6. The number of nitrogens with zero attached hydrogens (tertiary/aromatic N) is 2. The topological polar surface area (TPSA) is 79.0 Å². The number of alkyl carbamates (subject to hydrolysis) is 1.